The van der Waals surface area contributed by atoms with Crippen molar-refractivity contribution in [3.05, 3.63) is 53.0 Å². The van der Waals surface area contributed by atoms with Gasteiger partial charge in [-0.2, -0.15) is 0 Å². The zero-order valence-corrected chi connectivity index (χ0v) is 14.3. The summed E-state index contributed by atoms with van der Waals surface area (Å²) in [6, 6.07) is 0.197. The first-order valence-electron chi connectivity index (χ1n) is 7.76. The molecule has 2 N–H and O–H groups in total. The van der Waals surface area contributed by atoms with Crippen molar-refractivity contribution >= 4 is 11.3 Å². The van der Waals surface area contributed by atoms with Gasteiger partial charge in [-0.15, -0.1) is 11.3 Å². The molecule has 1 atom stereocenters. The number of nitrogens with two attached hydrogens (primary N) is 1. The van der Waals surface area contributed by atoms with Crippen molar-refractivity contribution < 1.29 is 9.13 Å². The Morgan fingerprint density at radius 3 is 2.70 bits per heavy atom. The predicted molar refractivity (Wildman–Crippen MR) is 92.9 cm³/mol. The standard InChI is InChI=1S/C17H24FN3OS/c1-4-14(18)16(5-2)22-13-6-8-21(9-7-13)15(10-19)17-12(3)20-11-23-17/h4-5,11,13,15H,1-2,6-10,19H2,3H3/b16-14-. The first-order valence-corrected chi connectivity index (χ1v) is 8.64. The third-order valence-corrected chi connectivity index (χ3v) is 5.15. The molecule has 126 valence electrons. The molecule has 1 aliphatic heterocycles. The fourth-order valence-corrected chi connectivity index (χ4v) is 3.79. The van der Waals surface area contributed by atoms with E-state index < -0.39 is 5.83 Å². The minimum absolute atomic E-state index is 0.00840. The number of nitrogens with zero attached hydrogens (tertiary/aromatic N) is 2. The van der Waals surface area contributed by atoms with Gasteiger partial charge in [0.15, 0.2) is 11.6 Å². The lowest BCUT2D eigenvalue weighted by molar-refractivity contribution is 0.0387. The molecule has 1 aliphatic rings. The van der Waals surface area contributed by atoms with Crippen molar-refractivity contribution in [3.63, 3.8) is 0 Å². The highest BCUT2D eigenvalue weighted by Crippen LogP contribution is 2.30. The minimum atomic E-state index is -0.470. The van der Waals surface area contributed by atoms with Crippen LogP contribution in [0.25, 0.3) is 0 Å². The van der Waals surface area contributed by atoms with Crippen LogP contribution in [0.2, 0.25) is 0 Å². The van der Waals surface area contributed by atoms with Gasteiger partial charge in [0, 0.05) is 24.5 Å². The number of rotatable bonds is 7. The van der Waals surface area contributed by atoms with Crippen LogP contribution < -0.4 is 5.73 Å². The number of likely N-dealkylation sites (tertiary alicyclic amines) is 1. The number of allylic oxidation sites excluding steroid dienone is 3. The molecule has 1 aromatic rings. The van der Waals surface area contributed by atoms with Gasteiger partial charge in [-0.25, -0.2) is 9.37 Å². The lowest BCUT2D eigenvalue weighted by Crippen LogP contribution is -2.41. The first kappa shape index (κ1) is 17.8. The summed E-state index contributed by atoms with van der Waals surface area (Å²) in [5.41, 5.74) is 8.90. The summed E-state index contributed by atoms with van der Waals surface area (Å²) in [7, 11) is 0. The Hall–Kier alpha value is -1.50. The lowest BCUT2D eigenvalue weighted by Gasteiger charge is -2.37. The molecule has 2 heterocycles. The van der Waals surface area contributed by atoms with Gasteiger partial charge in [0.05, 0.1) is 17.2 Å². The van der Waals surface area contributed by atoms with Gasteiger partial charge in [-0.05, 0) is 31.9 Å². The van der Waals surface area contributed by atoms with Crippen LogP contribution in [0.5, 0.6) is 0 Å². The fourth-order valence-electron chi connectivity index (χ4n) is 2.84. The van der Waals surface area contributed by atoms with Crippen LogP contribution in [0.4, 0.5) is 4.39 Å². The van der Waals surface area contributed by atoms with Crippen molar-refractivity contribution in [3.8, 4) is 0 Å². The summed E-state index contributed by atoms with van der Waals surface area (Å²) in [5, 5.41) is 0. The minimum Gasteiger partial charge on any atom is -0.487 e. The molecule has 6 heteroatoms. The Bertz CT molecular complexity index is 576. The molecule has 0 spiro atoms. The molecule has 1 aromatic heterocycles. The topological polar surface area (TPSA) is 51.4 Å². The van der Waals surface area contributed by atoms with Crippen LogP contribution >= 0.6 is 11.3 Å². The van der Waals surface area contributed by atoms with Crippen molar-refractivity contribution in [2.75, 3.05) is 19.6 Å². The largest absolute Gasteiger partial charge is 0.487 e. The van der Waals surface area contributed by atoms with Gasteiger partial charge in [0.2, 0.25) is 0 Å². The van der Waals surface area contributed by atoms with Crippen LogP contribution in [0.1, 0.15) is 29.5 Å². The second-order valence-corrected chi connectivity index (χ2v) is 6.41. The molecular weight excluding hydrogens is 313 g/mol. The molecule has 1 unspecified atom stereocenters. The molecule has 0 aromatic carbocycles. The highest BCUT2D eigenvalue weighted by Gasteiger charge is 2.28. The Kier molecular flexibility index (Phi) is 6.50. The van der Waals surface area contributed by atoms with Gasteiger partial charge in [-0.3, -0.25) is 4.90 Å². The average Bonchev–Trinajstić information content (AvgIpc) is 3.00. The maximum absolute atomic E-state index is 13.6. The van der Waals surface area contributed by atoms with E-state index in [2.05, 4.69) is 23.0 Å². The Labute approximate surface area is 141 Å². The molecular formula is C17H24FN3OS. The van der Waals surface area contributed by atoms with E-state index in [1.165, 1.54) is 11.0 Å². The van der Waals surface area contributed by atoms with E-state index in [1.54, 1.807) is 11.3 Å². The van der Waals surface area contributed by atoms with Gasteiger partial charge in [0.1, 0.15) is 6.10 Å². The van der Waals surface area contributed by atoms with E-state index in [-0.39, 0.29) is 17.9 Å². The Morgan fingerprint density at radius 1 is 1.52 bits per heavy atom. The molecule has 0 bridgehead atoms. The number of hydrogen-bond acceptors (Lipinski definition) is 5. The number of thiazole rings is 1. The second kappa shape index (κ2) is 8.38. The average molecular weight is 337 g/mol. The molecule has 0 saturated carbocycles. The predicted octanol–water partition coefficient (Wildman–Crippen LogP) is 3.49. The second-order valence-electron chi connectivity index (χ2n) is 5.53. The molecule has 0 radical (unpaired) electrons. The highest BCUT2D eigenvalue weighted by molar-refractivity contribution is 7.09. The molecule has 1 fully saturated rings. The van der Waals surface area contributed by atoms with E-state index in [0.717, 1.165) is 37.7 Å². The molecule has 0 amide bonds. The maximum atomic E-state index is 13.6. The van der Waals surface area contributed by atoms with Gasteiger partial charge < -0.3 is 10.5 Å². The fraction of sp³-hybridized carbons (Fsp3) is 0.471. The quantitative estimate of drug-likeness (QED) is 0.611. The number of halogens is 1. The highest BCUT2D eigenvalue weighted by atomic mass is 32.1. The number of aryl methyl sites for hydroxylation is 1. The molecule has 4 nitrogen and oxygen atoms in total. The number of piperidine rings is 1. The number of ether oxygens (including phenoxy) is 1. The normalized spacial score (nSPS) is 19.1. The SMILES string of the molecule is C=C/C(F)=C(\C=C)OC1CCN(C(CN)c2scnc2C)CC1. The smallest absolute Gasteiger partial charge is 0.164 e. The third-order valence-electron chi connectivity index (χ3n) is 4.12. The van der Waals surface area contributed by atoms with Gasteiger partial charge in [-0.1, -0.05) is 13.2 Å². The van der Waals surface area contributed by atoms with Gasteiger partial charge >= 0.3 is 0 Å². The van der Waals surface area contributed by atoms with Crippen molar-refractivity contribution in [2.24, 2.45) is 5.73 Å². The summed E-state index contributed by atoms with van der Waals surface area (Å²) in [6.07, 6.45) is 4.19. The van der Waals surface area contributed by atoms with Crippen molar-refractivity contribution in [2.45, 2.75) is 31.9 Å². The van der Waals surface area contributed by atoms with E-state index in [9.17, 15) is 4.39 Å². The van der Waals surface area contributed by atoms with Crippen LogP contribution in [0.3, 0.4) is 0 Å². The van der Waals surface area contributed by atoms with Gasteiger partial charge in [0.25, 0.3) is 0 Å². The summed E-state index contributed by atoms with van der Waals surface area (Å²) in [6.45, 7) is 11.3. The van der Waals surface area contributed by atoms with Crippen LogP contribution in [0.15, 0.2) is 42.4 Å². The maximum Gasteiger partial charge on any atom is 0.164 e. The molecule has 1 saturated heterocycles. The van der Waals surface area contributed by atoms with Crippen LogP contribution in [-0.2, 0) is 4.74 Å². The first-order chi connectivity index (χ1) is 11.1. The van der Waals surface area contributed by atoms with E-state index in [4.69, 9.17) is 10.5 Å². The lowest BCUT2D eigenvalue weighted by atomic mass is 10.0. The van der Waals surface area contributed by atoms with Crippen LogP contribution in [-0.4, -0.2) is 35.6 Å². The zero-order chi connectivity index (χ0) is 16.8. The number of aromatic nitrogens is 1. The summed E-state index contributed by atoms with van der Waals surface area (Å²) < 4.78 is 19.3. The van der Waals surface area contributed by atoms with Crippen molar-refractivity contribution in [1.29, 1.82) is 0 Å². The number of hydrogen-bond donors (Lipinski definition) is 1. The molecule has 0 aliphatic carbocycles. The Balaban J connectivity index is 1.96. The van der Waals surface area contributed by atoms with Crippen molar-refractivity contribution in [1.82, 2.24) is 9.88 Å². The van der Waals surface area contributed by atoms with E-state index >= 15 is 0 Å². The molecule has 23 heavy (non-hydrogen) atoms. The Morgan fingerprint density at radius 2 is 2.22 bits per heavy atom. The van der Waals surface area contributed by atoms with E-state index in [0.29, 0.717) is 6.54 Å². The monoisotopic (exact) mass is 337 g/mol. The molecule has 2 rings (SSSR count). The summed E-state index contributed by atoms with van der Waals surface area (Å²) in [4.78, 5) is 7.91. The summed E-state index contributed by atoms with van der Waals surface area (Å²) in [5.74, 6) is -0.297. The van der Waals surface area contributed by atoms with Crippen LogP contribution in [0, 0.1) is 6.92 Å². The third kappa shape index (κ3) is 4.28. The zero-order valence-electron chi connectivity index (χ0n) is 13.5. The van der Waals surface area contributed by atoms with E-state index in [1.807, 2.05) is 12.4 Å². The summed E-state index contributed by atoms with van der Waals surface area (Å²) >= 11 is 1.65.